The molecule has 2 rings (SSSR count). The fourth-order valence-corrected chi connectivity index (χ4v) is 2.76. The van der Waals surface area contributed by atoms with Crippen molar-refractivity contribution in [2.75, 3.05) is 28.4 Å². The highest BCUT2D eigenvalue weighted by Gasteiger charge is 2.17. The van der Waals surface area contributed by atoms with Gasteiger partial charge in [0.1, 0.15) is 17.2 Å². The summed E-state index contributed by atoms with van der Waals surface area (Å²) >= 11 is 0. The fourth-order valence-electron chi connectivity index (χ4n) is 2.76. The Morgan fingerprint density at radius 2 is 1.46 bits per heavy atom. The molecule has 0 aliphatic rings. The minimum atomic E-state index is -0.00625. The summed E-state index contributed by atoms with van der Waals surface area (Å²) in [5, 5.41) is 0. The molecule has 2 aromatic rings. The van der Waals surface area contributed by atoms with Crippen LogP contribution in [0.2, 0.25) is 0 Å². The summed E-state index contributed by atoms with van der Waals surface area (Å²) in [7, 11) is 6.72. The number of methoxy groups -OCH3 is 3. The topological polar surface area (TPSA) is 48.0 Å². The summed E-state index contributed by atoms with van der Waals surface area (Å²) in [6, 6.07) is 13.5. The highest BCUT2D eigenvalue weighted by atomic mass is 16.5. The van der Waals surface area contributed by atoms with Crippen LogP contribution in [0.5, 0.6) is 17.2 Å². The van der Waals surface area contributed by atoms with Crippen molar-refractivity contribution in [3.8, 4) is 17.2 Å². The summed E-state index contributed by atoms with van der Waals surface area (Å²) in [4.78, 5) is 14.4. The molecule has 0 spiro atoms. The van der Waals surface area contributed by atoms with E-state index in [1.165, 1.54) is 0 Å². The van der Waals surface area contributed by atoms with E-state index in [0.29, 0.717) is 12.8 Å². The zero-order valence-corrected chi connectivity index (χ0v) is 16.1. The zero-order chi connectivity index (χ0) is 19.1. The van der Waals surface area contributed by atoms with Gasteiger partial charge in [0.25, 0.3) is 0 Å². The lowest BCUT2D eigenvalue weighted by atomic mass is 10.1. The van der Waals surface area contributed by atoms with Gasteiger partial charge in [-0.25, -0.2) is 0 Å². The van der Waals surface area contributed by atoms with Gasteiger partial charge in [0.15, 0.2) is 0 Å². The molecule has 1 unspecified atom stereocenters. The summed E-state index contributed by atoms with van der Waals surface area (Å²) < 4.78 is 15.7. The molecule has 140 valence electrons. The van der Waals surface area contributed by atoms with Crippen molar-refractivity contribution in [1.82, 2.24) is 4.90 Å². The van der Waals surface area contributed by atoms with Crippen LogP contribution in [0.15, 0.2) is 42.5 Å². The second-order valence-electron chi connectivity index (χ2n) is 6.17. The highest BCUT2D eigenvalue weighted by Crippen LogP contribution is 2.25. The summed E-state index contributed by atoms with van der Waals surface area (Å²) in [6.07, 6.45) is 1.05. The number of ether oxygens (including phenoxy) is 3. The van der Waals surface area contributed by atoms with Crippen molar-refractivity contribution in [3.63, 3.8) is 0 Å². The Labute approximate surface area is 155 Å². The number of rotatable bonds is 8. The minimum Gasteiger partial charge on any atom is -0.497 e. The van der Waals surface area contributed by atoms with Crippen LogP contribution in [0.3, 0.4) is 0 Å². The molecule has 2 aromatic carbocycles. The van der Waals surface area contributed by atoms with Crippen LogP contribution in [-0.2, 0) is 11.2 Å². The van der Waals surface area contributed by atoms with Gasteiger partial charge in [-0.15, -0.1) is 0 Å². The molecular weight excluding hydrogens is 330 g/mol. The smallest absolute Gasteiger partial charge is 0.223 e. The first kappa shape index (κ1) is 19.6. The van der Waals surface area contributed by atoms with Crippen LogP contribution in [-0.4, -0.2) is 39.2 Å². The Hall–Kier alpha value is -2.69. The van der Waals surface area contributed by atoms with Gasteiger partial charge >= 0.3 is 0 Å². The normalized spacial score (nSPS) is 11.6. The molecule has 0 bridgehead atoms. The third-order valence-corrected chi connectivity index (χ3v) is 4.61. The van der Waals surface area contributed by atoms with Crippen molar-refractivity contribution in [1.29, 1.82) is 0 Å². The van der Waals surface area contributed by atoms with Crippen LogP contribution in [0.4, 0.5) is 0 Å². The molecule has 5 nitrogen and oxygen atoms in total. The van der Waals surface area contributed by atoms with Crippen molar-refractivity contribution in [2.45, 2.75) is 25.8 Å². The average Bonchev–Trinajstić information content (AvgIpc) is 2.70. The number of hydrogen-bond acceptors (Lipinski definition) is 4. The van der Waals surface area contributed by atoms with Gasteiger partial charge in [0.05, 0.1) is 27.4 Å². The van der Waals surface area contributed by atoms with Gasteiger partial charge < -0.3 is 19.1 Å². The van der Waals surface area contributed by atoms with E-state index in [2.05, 4.69) is 0 Å². The third kappa shape index (κ3) is 4.91. The lowest BCUT2D eigenvalue weighted by Crippen LogP contribution is -2.29. The van der Waals surface area contributed by atoms with E-state index in [-0.39, 0.29) is 11.9 Å². The SMILES string of the molecule is COc1ccc(C(C)N(C)C(=O)CCc2cc(OC)cc(OC)c2)cc1. The largest absolute Gasteiger partial charge is 0.497 e. The number of carbonyl (C=O) groups is 1. The molecule has 5 heteroatoms. The number of aryl methyl sites for hydroxylation is 1. The van der Waals surface area contributed by atoms with E-state index in [0.717, 1.165) is 28.4 Å². The Morgan fingerprint density at radius 3 is 1.96 bits per heavy atom. The quantitative estimate of drug-likeness (QED) is 0.720. The van der Waals surface area contributed by atoms with E-state index in [1.54, 1.807) is 26.2 Å². The van der Waals surface area contributed by atoms with Gasteiger partial charge in [-0.05, 0) is 48.7 Å². The lowest BCUT2D eigenvalue weighted by Gasteiger charge is -2.25. The Morgan fingerprint density at radius 1 is 0.923 bits per heavy atom. The molecule has 0 radical (unpaired) electrons. The fraction of sp³-hybridized carbons (Fsp3) is 0.381. The summed E-state index contributed by atoms with van der Waals surface area (Å²) in [5.41, 5.74) is 2.09. The molecule has 0 aromatic heterocycles. The molecule has 0 N–H and O–H groups in total. The molecule has 0 heterocycles. The van der Waals surface area contributed by atoms with E-state index in [9.17, 15) is 4.79 Å². The van der Waals surface area contributed by atoms with Gasteiger partial charge in [0, 0.05) is 19.5 Å². The molecule has 1 amide bonds. The standard InChI is InChI=1S/C21H27NO4/c1-15(17-7-9-18(24-3)10-8-17)22(2)21(23)11-6-16-12-19(25-4)14-20(13-16)26-5/h7-10,12-15H,6,11H2,1-5H3. The van der Waals surface area contributed by atoms with Crippen molar-refractivity contribution in [3.05, 3.63) is 53.6 Å². The maximum absolute atomic E-state index is 12.6. The first-order chi connectivity index (χ1) is 12.5. The summed E-state index contributed by atoms with van der Waals surface area (Å²) in [5.74, 6) is 2.36. The van der Waals surface area contributed by atoms with E-state index < -0.39 is 0 Å². The van der Waals surface area contributed by atoms with Crippen molar-refractivity contribution >= 4 is 5.91 Å². The second-order valence-corrected chi connectivity index (χ2v) is 6.17. The maximum Gasteiger partial charge on any atom is 0.223 e. The van der Waals surface area contributed by atoms with Gasteiger partial charge in [-0.1, -0.05) is 12.1 Å². The molecule has 0 fully saturated rings. The molecule has 0 aliphatic carbocycles. The van der Waals surface area contributed by atoms with Crippen LogP contribution in [0.1, 0.15) is 30.5 Å². The molecule has 1 atom stereocenters. The first-order valence-electron chi connectivity index (χ1n) is 8.60. The predicted molar refractivity (Wildman–Crippen MR) is 102 cm³/mol. The molecule has 0 saturated carbocycles. The summed E-state index contributed by atoms with van der Waals surface area (Å²) in [6.45, 7) is 2.02. The first-order valence-corrected chi connectivity index (χ1v) is 8.60. The average molecular weight is 357 g/mol. The van der Waals surface area contributed by atoms with Crippen LogP contribution in [0.25, 0.3) is 0 Å². The van der Waals surface area contributed by atoms with Crippen LogP contribution in [0, 0.1) is 0 Å². The number of benzene rings is 2. The highest BCUT2D eigenvalue weighted by molar-refractivity contribution is 5.76. The maximum atomic E-state index is 12.6. The van der Waals surface area contributed by atoms with E-state index >= 15 is 0 Å². The number of hydrogen-bond donors (Lipinski definition) is 0. The van der Waals surface area contributed by atoms with Crippen molar-refractivity contribution < 1.29 is 19.0 Å². The molecule has 26 heavy (non-hydrogen) atoms. The zero-order valence-electron chi connectivity index (χ0n) is 16.1. The molecule has 0 aliphatic heterocycles. The van der Waals surface area contributed by atoms with Crippen LogP contribution >= 0.6 is 0 Å². The second kappa shape index (κ2) is 9.13. The molecule has 0 saturated heterocycles. The van der Waals surface area contributed by atoms with E-state index in [4.69, 9.17) is 14.2 Å². The van der Waals surface area contributed by atoms with E-state index in [1.807, 2.05) is 56.4 Å². The number of nitrogens with zero attached hydrogens (tertiary/aromatic N) is 1. The van der Waals surface area contributed by atoms with Gasteiger partial charge in [0.2, 0.25) is 5.91 Å². The minimum absolute atomic E-state index is 0.00625. The monoisotopic (exact) mass is 357 g/mol. The van der Waals surface area contributed by atoms with Crippen LogP contribution < -0.4 is 14.2 Å². The number of carbonyl (C=O) groups excluding carboxylic acids is 1. The van der Waals surface area contributed by atoms with Crippen molar-refractivity contribution in [2.24, 2.45) is 0 Å². The third-order valence-electron chi connectivity index (χ3n) is 4.61. The Balaban J connectivity index is 2.00. The lowest BCUT2D eigenvalue weighted by molar-refractivity contribution is -0.131. The predicted octanol–water partition coefficient (Wildman–Crippen LogP) is 3.86. The van der Waals surface area contributed by atoms with Gasteiger partial charge in [-0.3, -0.25) is 4.79 Å². The Bertz CT molecular complexity index is 705. The Kier molecular flexibility index (Phi) is 6.89. The van der Waals surface area contributed by atoms with Gasteiger partial charge in [-0.2, -0.15) is 0 Å². The molecular formula is C21H27NO4. The number of amides is 1.